The predicted molar refractivity (Wildman–Crippen MR) is 55.0 cm³/mol. The highest BCUT2D eigenvalue weighted by atomic mass is 127. The number of amides is 1. The van der Waals surface area contributed by atoms with Crippen molar-refractivity contribution in [1.29, 1.82) is 0 Å². The van der Waals surface area contributed by atoms with Crippen LogP contribution in [-0.4, -0.2) is 43.7 Å². The molecule has 0 aromatic heterocycles. The molecule has 1 rings (SSSR count). The molecular weight excluding hydrogens is 293 g/mol. The lowest BCUT2D eigenvalue weighted by Crippen LogP contribution is -2.42. The van der Waals surface area contributed by atoms with Crippen LogP contribution in [0.25, 0.3) is 0 Å². The van der Waals surface area contributed by atoms with E-state index in [1.54, 1.807) is 4.90 Å². The van der Waals surface area contributed by atoms with E-state index in [9.17, 15) is 4.79 Å². The number of hydrogen-bond acceptors (Lipinski definition) is 4. The zero-order valence-electron chi connectivity index (χ0n) is 6.49. The summed E-state index contributed by atoms with van der Waals surface area (Å²) in [6, 6.07) is 0. The summed E-state index contributed by atoms with van der Waals surface area (Å²) in [7, 11) is 1.19. The van der Waals surface area contributed by atoms with Crippen molar-refractivity contribution in [2.24, 2.45) is 0 Å². The fourth-order valence-corrected chi connectivity index (χ4v) is 1.50. The average Bonchev–Trinajstić information content (AvgIpc) is 2.15. The molecule has 70 valence electrons. The Hall–Kier alpha value is 0.470. The minimum Gasteiger partial charge on any atom is -0.378 e. The van der Waals surface area contributed by atoms with Gasteiger partial charge in [-0.2, -0.15) is 0 Å². The Morgan fingerprint density at radius 2 is 2.25 bits per heavy atom. The van der Waals surface area contributed by atoms with Crippen molar-refractivity contribution in [2.45, 2.75) is 0 Å². The summed E-state index contributed by atoms with van der Waals surface area (Å²) in [6.07, 6.45) is 0. The molecule has 0 aliphatic carbocycles. The van der Waals surface area contributed by atoms with E-state index in [2.05, 4.69) is 0 Å². The van der Waals surface area contributed by atoms with Gasteiger partial charge in [-0.3, -0.25) is 8.98 Å². The van der Waals surface area contributed by atoms with Crippen LogP contribution in [0.4, 0.5) is 0 Å². The first kappa shape index (κ1) is 10.6. The van der Waals surface area contributed by atoms with Gasteiger partial charge in [0.2, 0.25) is 5.91 Å². The smallest absolute Gasteiger partial charge is 0.250 e. The number of hydrogen-bond donors (Lipinski definition) is 0. The van der Waals surface area contributed by atoms with Gasteiger partial charge in [0.25, 0.3) is 0 Å². The van der Waals surface area contributed by atoms with Crippen molar-refractivity contribution >= 4 is 36.3 Å². The SMILES string of the molecule is O=C(COSI)N1CCOCC1. The first-order valence-electron chi connectivity index (χ1n) is 3.60. The number of carbonyl (C=O) groups excluding carboxylic acids is 1. The number of nitrogens with zero attached hydrogens (tertiary/aromatic N) is 1. The molecule has 0 aromatic rings. The summed E-state index contributed by atoms with van der Waals surface area (Å²) in [5, 5.41) is 0. The Kier molecular flexibility index (Phi) is 5.28. The second-order valence-corrected chi connectivity index (χ2v) is 3.76. The highest BCUT2D eigenvalue weighted by molar-refractivity contribution is 14.2. The maximum atomic E-state index is 11.3. The van der Waals surface area contributed by atoms with Crippen molar-refractivity contribution in [3.05, 3.63) is 0 Å². The summed E-state index contributed by atoms with van der Waals surface area (Å²) in [4.78, 5) is 13.0. The molecule has 1 heterocycles. The maximum absolute atomic E-state index is 11.3. The summed E-state index contributed by atoms with van der Waals surface area (Å²) >= 11 is 1.99. The molecule has 1 fully saturated rings. The molecule has 1 saturated heterocycles. The number of rotatable bonds is 3. The average molecular weight is 303 g/mol. The van der Waals surface area contributed by atoms with Crippen LogP contribution < -0.4 is 0 Å². The molecule has 0 radical (unpaired) electrons. The van der Waals surface area contributed by atoms with E-state index in [4.69, 9.17) is 8.92 Å². The zero-order valence-corrected chi connectivity index (χ0v) is 9.47. The number of halogens is 1. The molecule has 1 aliphatic heterocycles. The van der Waals surface area contributed by atoms with Gasteiger partial charge < -0.3 is 9.64 Å². The topological polar surface area (TPSA) is 38.8 Å². The van der Waals surface area contributed by atoms with E-state index in [0.29, 0.717) is 26.3 Å². The first-order chi connectivity index (χ1) is 5.84. The van der Waals surface area contributed by atoms with Crippen LogP contribution >= 0.6 is 30.4 Å². The van der Waals surface area contributed by atoms with Crippen LogP contribution in [0.15, 0.2) is 0 Å². The minimum absolute atomic E-state index is 0.0440. The van der Waals surface area contributed by atoms with Crippen LogP contribution in [0.5, 0.6) is 0 Å². The lowest BCUT2D eigenvalue weighted by molar-refractivity contribution is -0.137. The second kappa shape index (κ2) is 6.01. The van der Waals surface area contributed by atoms with Crippen LogP contribution in [-0.2, 0) is 13.7 Å². The van der Waals surface area contributed by atoms with Crippen LogP contribution in [0.3, 0.4) is 0 Å². The maximum Gasteiger partial charge on any atom is 0.250 e. The number of carbonyl (C=O) groups is 1. The summed E-state index contributed by atoms with van der Waals surface area (Å²) in [6.45, 7) is 2.82. The molecule has 0 atom stereocenters. The molecule has 0 saturated carbocycles. The molecular formula is C6H10INO3S. The van der Waals surface area contributed by atoms with Crippen LogP contribution in [0, 0.1) is 0 Å². The molecule has 1 amide bonds. The molecule has 4 nitrogen and oxygen atoms in total. The van der Waals surface area contributed by atoms with Gasteiger partial charge >= 0.3 is 0 Å². The second-order valence-electron chi connectivity index (χ2n) is 2.32. The van der Waals surface area contributed by atoms with Crippen LogP contribution in [0.1, 0.15) is 0 Å². The fraction of sp³-hybridized carbons (Fsp3) is 0.833. The van der Waals surface area contributed by atoms with Crippen molar-refractivity contribution in [2.75, 3.05) is 32.9 Å². The van der Waals surface area contributed by atoms with Crippen LogP contribution in [0.2, 0.25) is 0 Å². The lowest BCUT2D eigenvalue weighted by atomic mass is 10.4. The Morgan fingerprint density at radius 1 is 1.58 bits per heavy atom. The fourth-order valence-electron chi connectivity index (χ4n) is 0.977. The van der Waals surface area contributed by atoms with E-state index < -0.39 is 0 Å². The standard InChI is InChI=1S/C6H10INO3S/c7-12-11-5-6(9)8-1-3-10-4-2-8/h1-5H2. The van der Waals surface area contributed by atoms with E-state index >= 15 is 0 Å². The van der Waals surface area contributed by atoms with E-state index in [-0.39, 0.29) is 12.5 Å². The molecule has 1 aliphatic rings. The van der Waals surface area contributed by atoms with Gasteiger partial charge in [-0.25, -0.2) is 0 Å². The van der Waals surface area contributed by atoms with Crippen molar-refractivity contribution in [1.82, 2.24) is 4.90 Å². The normalized spacial score (nSPS) is 17.9. The lowest BCUT2D eigenvalue weighted by Gasteiger charge is -2.26. The molecule has 0 unspecified atom stereocenters. The molecule has 0 N–H and O–H groups in total. The van der Waals surface area contributed by atoms with Gasteiger partial charge in [0.15, 0.2) is 0 Å². The highest BCUT2D eigenvalue weighted by Crippen LogP contribution is 2.12. The van der Waals surface area contributed by atoms with E-state index in [1.165, 1.54) is 9.21 Å². The third-order valence-corrected chi connectivity index (χ3v) is 2.56. The van der Waals surface area contributed by atoms with E-state index in [1.807, 2.05) is 21.2 Å². The number of ether oxygens (including phenoxy) is 1. The first-order valence-corrected chi connectivity index (χ1v) is 6.89. The quantitative estimate of drug-likeness (QED) is 0.573. The molecule has 0 spiro atoms. The third-order valence-electron chi connectivity index (χ3n) is 1.59. The predicted octanol–water partition coefficient (Wildman–Crippen LogP) is 0.860. The third kappa shape index (κ3) is 3.46. The van der Waals surface area contributed by atoms with Crippen molar-refractivity contribution < 1.29 is 13.7 Å². The Labute approximate surface area is 87.7 Å². The summed E-state index contributed by atoms with van der Waals surface area (Å²) in [5.41, 5.74) is 0. The largest absolute Gasteiger partial charge is 0.378 e. The highest BCUT2D eigenvalue weighted by Gasteiger charge is 2.16. The van der Waals surface area contributed by atoms with Gasteiger partial charge in [0, 0.05) is 34.3 Å². The van der Waals surface area contributed by atoms with Gasteiger partial charge in [-0.1, -0.05) is 0 Å². The van der Waals surface area contributed by atoms with Gasteiger partial charge in [-0.15, -0.1) is 0 Å². The zero-order chi connectivity index (χ0) is 8.81. The monoisotopic (exact) mass is 303 g/mol. The Bertz CT molecular complexity index is 152. The number of morpholine rings is 1. The summed E-state index contributed by atoms with van der Waals surface area (Å²) in [5.74, 6) is 0.0440. The van der Waals surface area contributed by atoms with E-state index in [0.717, 1.165) is 0 Å². The Morgan fingerprint density at radius 3 is 2.83 bits per heavy atom. The van der Waals surface area contributed by atoms with Gasteiger partial charge in [0.05, 0.1) is 22.4 Å². The Balaban J connectivity index is 2.20. The van der Waals surface area contributed by atoms with Gasteiger partial charge in [-0.05, 0) is 0 Å². The van der Waals surface area contributed by atoms with Crippen molar-refractivity contribution in [3.63, 3.8) is 0 Å². The molecule has 12 heavy (non-hydrogen) atoms. The van der Waals surface area contributed by atoms with Gasteiger partial charge in [0.1, 0.15) is 6.61 Å². The minimum atomic E-state index is 0.0440. The molecule has 6 heteroatoms. The summed E-state index contributed by atoms with van der Waals surface area (Å²) < 4.78 is 10.0. The molecule has 0 aromatic carbocycles. The molecule has 0 bridgehead atoms. The van der Waals surface area contributed by atoms with Crippen molar-refractivity contribution in [3.8, 4) is 0 Å².